The summed E-state index contributed by atoms with van der Waals surface area (Å²) in [6, 6.07) is 0. The molecule has 22 heavy (non-hydrogen) atoms. The number of ether oxygens (including phenoxy) is 1. The molecule has 1 saturated heterocycles. The quantitative estimate of drug-likeness (QED) is 0.906. The van der Waals surface area contributed by atoms with Crippen LogP contribution in [-0.2, 0) is 11.3 Å². The maximum Gasteiger partial charge on any atom is 0.407 e. The highest BCUT2D eigenvalue weighted by Crippen LogP contribution is 2.10. The van der Waals surface area contributed by atoms with Gasteiger partial charge in [0.25, 0.3) is 0 Å². The molecule has 122 valence electrons. The van der Waals surface area contributed by atoms with Crippen molar-refractivity contribution in [1.29, 1.82) is 0 Å². The van der Waals surface area contributed by atoms with E-state index in [4.69, 9.17) is 4.74 Å². The number of piperazine rings is 1. The maximum absolute atomic E-state index is 11.6. The molecule has 7 nitrogen and oxygen atoms in total. The lowest BCUT2D eigenvalue weighted by molar-refractivity contribution is 0.0523. The number of nitrogens with zero attached hydrogens (tertiary/aromatic N) is 4. The van der Waals surface area contributed by atoms with Crippen LogP contribution in [0.25, 0.3) is 0 Å². The molecule has 1 aliphatic rings. The minimum atomic E-state index is -0.494. The summed E-state index contributed by atoms with van der Waals surface area (Å²) in [4.78, 5) is 24.8. The van der Waals surface area contributed by atoms with Gasteiger partial charge in [0.1, 0.15) is 5.60 Å². The average Bonchev–Trinajstić information content (AvgIpc) is 2.45. The van der Waals surface area contributed by atoms with Gasteiger partial charge in [-0.25, -0.2) is 14.8 Å². The van der Waals surface area contributed by atoms with E-state index in [9.17, 15) is 4.79 Å². The molecule has 1 amide bonds. The number of carbonyl (C=O) groups is 1. The molecule has 1 fully saturated rings. The lowest BCUT2D eigenvalue weighted by Crippen LogP contribution is -2.45. The fourth-order valence-corrected chi connectivity index (χ4v) is 2.10. The Hall–Kier alpha value is -1.89. The smallest absolute Gasteiger partial charge is 0.407 e. The van der Waals surface area contributed by atoms with E-state index >= 15 is 0 Å². The van der Waals surface area contributed by atoms with Gasteiger partial charge in [-0.1, -0.05) is 0 Å². The van der Waals surface area contributed by atoms with Crippen LogP contribution < -0.4 is 10.2 Å². The maximum atomic E-state index is 11.6. The van der Waals surface area contributed by atoms with Crippen molar-refractivity contribution in [3.05, 3.63) is 18.0 Å². The van der Waals surface area contributed by atoms with Crippen molar-refractivity contribution >= 4 is 12.0 Å². The van der Waals surface area contributed by atoms with Crippen molar-refractivity contribution in [3.8, 4) is 0 Å². The Kier molecular flexibility index (Phi) is 5.18. The number of hydrogen-bond acceptors (Lipinski definition) is 6. The zero-order chi connectivity index (χ0) is 16.2. The van der Waals surface area contributed by atoms with E-state index in [1.165, 1.54) is 0 Å². The molecule has 0 atom stereocenters. The molecular weight excluding hydrogens is 282 g/mol. The highest BCUT2D eigenvalue weighted by Gasteiger charge is 2.17. The third-order valence-corrected chi connectivity index (χ3v) is 3.31. The molecule has 1 N–H and O–H groups in total. The summed E-state index contributed by atoms with van der Waals surface area (Å²) in [5.41, 5.74) is 0.356. The number of aromatic nitrogens is 2. The second kappa shape index (κ2) is 6.91. The third-order valence-electron chi connectivity index (χ3n) is 3.31. The Morgan fingerprint density at radius 2 is 1.82 bits per heavy atom. The predicted octanol–water partition coefficient (Wildman–Crippen LogP) is 1.25. The molecule has 2 heterocycles. The number of hydrogen-bond donors (Lipinski definition) is 1. The zero-order valence-corrected chi connectivity index (χ0v) is 13.8. The van der Waals surface area contributed by atoms with Gasteiger partial charge in [0.05, 0.1) is 0 Å². The number of rotatable bonds is 3. The van der Waals surface area contributed by atoms with E-state index < -0.39 is 11.7 Å². The van der Waals surface area contributed by atoms with Crippen molar-refractivity contribution in [3.63, 3.8) is 0 Å². The molecule has 0 spiro atoms. The molecule has 7 heteroatoms. The van der Waals surface area contributed by atoms with E-state index in [0.29, 0.717) is 6.54 Å². The number of nitrogens with one attached hydrogen (secondary N) is 1. The van der Waals surface area contributed by atoms with Crippen molar-refractivity contribution < 1.29 is 9.53 Å². The van der Waals surface area contributed by atoms with Gasteiger partial charge in [0, 0.05) is 50.7 Å². The normalized spacial score (nSPS) is 16.5. The Balaban J connectivity index is 1.83. The predicted molar refractivity (Wildman–Crippen MR) is 84.8 cm³/mol. The molecule has 1 aromatic heterocycles. The van der Waals surface area contributed by atoms with Gasteiger partial charge < -0.3 is 19.9 Å². The molecule has 0 saturated carbocycles. The molecular formula is C15H25N5O2. The summed E-state index contributed by atoms with van der Waals surface area (Å²) in [5, 5.41) is 2.70. The lowest BCUT2D eigenvalue weighted by Gasteiger charge is -2.32. The minimum absolute atomic E-state index is 0.359. The fourth-order valence-electron chi connectivity index (χ4n) is 2.10. The monoisotopic (exact) mass is 307 g/mol. The molecule has 0 radical (unpaired) electrons. The molecule has 2 rings (SSSR count). The summed E-state index contributed by atoms with van der Waals surface area (Å²) in [7, 11) is 2.11. The van der Waals surface area contributed by atoms with Crippen LogP contribution in [0.3, 0.4) is 0 Å². The highest BCUT2D eigenvalue weighted by molar-refractivity contribution is 5.67. The van der Waals surface area contributed by atoms with Crippen LogP contribution >= 0.6 is 0 Å². The number of carbonyl (C=O) groups excluding carboxylic acids is 1. The second-order valence-corrected chi connectivity index (χ2v) is 6.54. The van der Waals surface area contributed by atoms with Gasteiger partial charge >= 0.3 is 6.09 Å². The first-order valence-electron chi connectivity index (χ1n) is 7.55. The largest absolute Gasteiger partial charge is 0.444 e. The SMILES string of the molecule is CN1CCN(c2ncc(CNC(=O)OC(C)(C)C)cn2)CC1. The van der Waals surface area contributed by atoms with E-state index in [0.717, 1.165) is 37.7 Å². The highest BCUT2D eigenvalue weighted by atomic mass is 16.6. The van der Waals surface area contributed by atoms with Crippen LogP contribution in [0.4, 0.5) is 10.7 Å². The first-order valence-corrected chi connectivity index (χ1v) is 7.55. The summed E-state index contributed by atoms with van der Waals surface area (Å²) < 4.78 is 5.18. The van der Waals surface area contributed by atoms with E-state index in [-0.39, 0.29) is 0 Å². The van der Waals surface area contributed by atoms with Crippen LogP contribution in [-0.4, -0.2) is 59.8 Å². The fraction of sp³-hybridized carbons (Fsp3) is 0.667. The van der Waals surface area contributed by atoms with Crippen molar-refractivity contribution in [1.82, 2.24) is 20.2 Å². The zero-order valence-electron chi connectivity index (χ0n) is 13.8. The average molecular weight is 307 g/mol. The molecule has 1 aliphatic heterocycles. The van der Waals surface area contributed by atoms with Gasteiger partial charge in [-0.3, -0.25) is 0 Å². The Morgan fingerprint density at radius 3 is 2.36 bits per heavy atom. The van der Waals surface area contributed by atoms with Crippen molar-refractivity contribution in [2.45, 2.75) is 32.9 Å². The number of amides is 1. The number of alkyl carbamates (subject to hydrolysis) is 1. The summed E-state index contributed by atoms with van der Waals surface area (Å²) in [6.45, 7) is 9.77. The Bertz CT molecular complexity index is 490. The first kappa shape index (κ1) is 16.5. The van der Waals surface area contributed by atoms with Gasteiger partial charge in [0.2, 0.25) is 5.95 Å². The summed E-state index contributed by atoms with van der Waals surface area (Å²) >= 11 is 0. The van der Waals surface area contributed by atoms with E-state index in [1.807, 2.05) is 20.8 Å². The Labute approximate surface area is 131 Å². The van der Waals surface area contributed by atoms with Gasteiger partial charge in [0.15, 0.2) is 0 Å². The topological polar surface area (TPSA) is 70.6 Å². The summed E-state index contributed by atoms with van der Waals surface area (Å²) in [6.07, 6.45) is 3.06. The van der Waals surface area contributed by atoms with Crippen LogP contribution in [0, 0.1) is 0 Å². The third kappa shape index (κ3) is 5.14. The van der Waals surface area contributed by atoms with Gasteiger partial charge in [-0.15, -0.1) is 0 Å². The molecule has 0 unspecified atom stereocenters. The minimum Gasteiger partial charge on any atom is -0.444 e. The second-order valence-electron chi connectivity index (χ2n) is 6.54. The van der Waals surface area contributed by atoms with Crippen LogP contribution in [0.15, 0.2) is 12.4 Å². The van der Waals surface area contributed by atoms with Crippen molar-refractivity contribution in [2.75, 3.05) is 38.1 Å². The van der Waals surface area contributed by atoms with Gasteiger partial charge in [-0.2, -0.15) is 0 Å². The van der Waals surface area contributed by atoms with Crippen LogP contribution in [0.5, 0.6) is 0 Å². The van der Waals surface area contributed by atoms with Crippen LogP contribution in [0.1, 0.15) is 26.3 Å². The first-order chi connectivity index (χ1) is 10.3. The molecule has 1 aromatic rings. The standard InChI is InChI=1S/C15H25N5O2/c1-15(2,3)22-14(21)18-11-12-9-16-13(17-10-12)20-7-5-19(4)6-8-20/h9-10H,5-8,11H2,1-4H3,(H,18,21). The lowest BCUT2D eigenvalue weighted by atomic mass is 10.2. The molecule has 0 aliphatic carbocycles. The molecule has 0 aromatic carbocycles. The van der Waals surface area contributed by atoms with Crippen molar-refractivity contribution in [2.24, 2.45) is 0 Å². The van der Waals surface area contributed by atoms with E-state index in [1.54, 1.807) is 12.4 Å². The Morgan fingerprint density at radius 1 is 1.23 bits per heavy atom. The molecule has 0 bridgehead atoms. The number of anilines is 1. The van der Waals surface area contributed by atoms with Gasteiger partial charge in [-0.05, 0) is 27.8 Å². The summed E-state index contributed by atoms with van der Waals surface area (Å²) in [5.74, 6) is 0.745. The number of likely N-dealkylation sites (N-methyl/N-ethyl adjacent to an activating group) is 1. The van der Waals surface area contributed by atoms with E-state index in [2.05, 4.69) is 32.1 Å². The van der Waals surface area contributed by atoms with Crippen LogP contribution in [0.2, 0.25) is 0 Å².